The smallest absolute Gasteiger partial charge is 0.257 e. The van der Waals surface area contributed by atoms with Gasteiger partial charge in [0.05, 0.1) is 5.69 Å². The highest BCUT2D eigenvalue weighted by atomic mass is 35.5. The van der Waals surface area contributed by atoms with E-state index in [0.717, 1.165) is 29.5 Å². The predicted octanol–water partition coefficient (Wildman–Crippen LogP) is 5.07. The molecule has 0 spiro atoms. The SMILES string of the molecule is Cc1nocc1C(=O)N[C@@H](Cc1cc(-c2ccnc(C(=O)C3CC3)c2)ccc1Cl)C(=O)Nc1ccc(-c2nncn2C)cc1. The molecule has 11 nitrogen and oxygen atoms in total. The summed E-state index contributed by atoms with van der Waals surface area (Å²) in [5, 5.41) is 17.9. The molecule has 222 valence electrons. The molecule has 12 heteroatoms. The van der Waals surface area contributed by atoms with E-state index >= 15 is 0 Å². The Morgan fingerprint density at radius 1 is 1.05 bits per heavy atom. The van der Waals surface area contributed by atoms with Crippen LogP contribution in [-0.4, -0.2) is 48.5 Å². The number of rotatable bonds is 10. The molecule has 3 heterocycles. The van der Waals surface area contributed by atoms with Gasteiger partial charge in [-0.05, 0) is 85.0 Å². The van der Waals surface area contributed by atoms with Gasteiger partial charge in [0, 0.05) is 41.9 Å². The highest BCUT2D eigenvalue weighted by molar-refractivity contribution is 6.31. The molecule has 6 rings (SSSR count). The van der Waals surface area contributed by atoms with Crippen LogP contribution in [0.4, 0.5) is 5.69 Å². The van der Waals surface area contributed by atoms with Gasteiger partial charge in [-0.3, -0.25) is 19.4 Å². The number of pyridine rings is 1. The van der Waals surface area contributed by atoms with Gasteiger partial charge >= 0.3 is 0 Å². The molecule has 1 atom stereocenters. The number of nitrogens with one attached hydrogen (secondary N) is 2. The third-order valence-corrected chi connectivity index (χ3v) is 7.87. The standard InChI is InChI=1S/C32H28ClN7O4/c1-18-25(16-44-39-18)31(42)37-28(32(43)36-24-8-5-20(6-9-24)30-38-35-17-40(30)2)15-23-13-21(7-10-26(23)33)22-11-12-34-27(14-22)29(41)19-3-4-19/h5-14,16-17,19,28H,3-4,15H2,1-2H3,(H,36,43)(H,37,42)/t28-/m0/s1. The molecule has 1 fully saturated rings. The fourth-order valence-corrected chi connectivity index (χ4v) is 5.06. The topological polar surface area (TPSA) is 145 Å². The third-order valence-electron chi connectivity index (χ3n) is 7.50. The second-order valence-electron chi connectivity index (χ2n) is 10.8. The number of nitrogens with zero attached hydrogens (tertiary/aromatic N) is 5. The number of hydrogen-bond donors (Lipinski definition) is 2. The number of carbonyl (C=O) groups excluding carboxylic acids is 3. The normalized spacial score (nSPS) is 13.3. The molecule has 0 saturated heterocycles. The fourth-order valence-electron chi connectivity index (χ4n) is 4.86. The number of carbonyl (C=O) groups is 3. The molecule has 3 aromatic heterocycles. The van der Waals surface area contributed by atoms with Crippen LogP contribution in [0.1, 0.15) is 44.9 Å². The Labute approximate surface area is 257 Å². The molecule has 44 heavy (non-hydrogen) atoms. The highest BCUT2D eigenvalue weighted by Gasteiger charge is 2.31. The van der Waals surface area contributed by atoms with E-state index in [0.29, 0.717) is 33.5 Å². The van der Waals surface area contributed by atoms with E-state index < -0.39 is 17.9 Å². The lowest BCUT2D eigenvalue weighted by Crippen LogP contribution is -2.45. The van der Waals surface area contributed by atoms with Crippen molar-refractivity contribution in [1.29, 1.82) is 0 Å². The molecule has 0 aliphatic heterocycles. The van der Waals surface area contributed by atoms with Gasteiger partial charge in [0.15, 0.2) is 11.6 Å². The van der Waals surface area contributed by atoms with Crippen molar-refractivity contribution in [2.24, 2.45) is 13.0 Å². The first kappa shape index (κ1) is 28.9. The number of Topliss-reactive ketones (excluding diaryl/α,β-unsaturated/α-hetero) is 1. The van der Waals surface area contributed by atoms with E-state index in [2.05, 4.69) is 31.0 Å². The average molecular weight is 610 g/mol. The minimum absolute atomic E-state index is 0.0501. The van der Waals surface area contributed by atoms with Gasteiger partial charge in [-0.15, -0.1) is 10.2 Å². The molecule has 2 aromatic carbocycles. The molecule has 1 aliphatic carbocycles. The van der Waals surface area contributed by atoms with E-state index in [1.54, 1.807) is 48.3 Å². The second kappa shape index (κ2) is 12.2. The zero-order valence-electron chi connectivity index (χ0n) is 24.0. The highest BCUT2D eigenvalue weighted by Crippen LogP contribution is 2.33. The van der Waals surface area contributed by atoms with E-state index in [4.69, 9.17) is 16.1 Å². The summed E-state index contributed by atoms with van der Waals surface area (Å²) in [6, 6.07) is 15.2. The van der Waals surface area contributed by atoms with Crippen molar-refractivity contribution >= 4 is 34.9 Å². The quantitative estimate of drug-likeness (QED) is 0.209. The summed E-state index contributed by atoms with van der Waals surface area (Å²) in [7, 11) is 1.84. The average Bonchev–Trinajstić information content (AvgIpc) is 3.65. The lowest BCUT2D eigenvalue weighted by Gasteiger charge is -2.20. The molecule has 5 aromatic rings. The van der Waals surface area contributed by atoms with E-state index in [-0.39, 0.29) is 23.7 Å². The Bertz CT molecular complexity index is 1860. The molecule has 1 saturated carbocycles. The Morgan fingerprint density at radius 2 is 1.80 bits per heavy atom. The Morgan fingerprint density at radius 3 is 2.48 bits per heavy atom. The van der Waals surface area contributed by atoms with Crippen LogP contribution < -0.4 is 10.6 Å². The molecule has 2 N–H and O–H groups in total. The summed E-state index contributed by atoms with van der Waals surface area (Å²) < 4.78 is 6.72. The van der Waals surface area contributed by atoms with Gasteiger partial charge in [-0.25, -0.2) is 0 Å². The summed E-state index contributed by atoms with van der Waals surface area (Å²) in [5.41, 5.74) is 4.65. The summed E-state index contributed by atoms with van der Waals surface area (Å²) in [6.07, 6.45) is 6.34. The van der Waals surface area contributed by atoms with Crippen LogP contribution in [0, 0.1) is 12.8 Å². The van der Waals surface area contributed by atoms with Crippen molar-refractivity contribution in [3.63, 3.8) is 0 Å². The number of ketones is 1. The molecule has 0 bridgehead atoms. The number of halogens is 1. The van der Waals surface area contributed by atoms with Gasteiger partial charge in [0.25, 0.3) is 5.91 Å². The molecule has 0 radical (unpaired) electrons. The van der Waals surface area contributed by atoms with Crippen molar-refractivity contribution < 1.29 is 18.9 Å². The van der Waals surface area contributed by atoms with Crippen molar-refractivity contribution in [2.75, 3.05) is 5.32 Å². The minimum atomic E-state index is -1.01. The van der Waals surface area contributed by atoms with Crippen LogP contribution in [0.25, 0.3) is 22.5 Å². The Kier molecular flexibility index (Phi) is 8.03. The zero-order chi connectivity index (χ0) is 30.8. The predicted molar refractivity (Wildman–Crippen MR) is 163 cm³/mol. The van der Waals surface area contributed by atoms with E-state index in [9.17, 15) is 14.4 Å². The van der Waals surface area contributed by atoms with Crippen LogP contribution in [-0.2, 0) is 18.3 Å². The monoisotopic (exact) mass is 609 g/mol. The number of anilines is 1. The molecule has 1 aliphatic rings. The lowest BCUT2D eigenvalue weighted by atomic mass is 9.98. The van der Waals surface area contributed by atoms with Crippen molar-refractivity contribution in [2.45, 2.75) is 32.2 Å². The van der Waals surface area contributed by atoms with Gasteiger partial charge in [-0.2, -0.15) is 0 Å². The third kappa shape index (κ3) is 6.28. The van der Waals surface area contributed by atoms with Gasteiger partial charge in [0.1, 0.15) is 29.9 Å². The molecular formula is C32H28ClN7O4. The second-order valence-corrected chi connectivity index (χ2v) is 11.2. The van der Waals surface area contributed by atoms with E-state index in [1.807, 2.05) is 37.4 Å². The zero-order valence-corrected chi connectivity index (χ0v) is 24.7. The summed E-state index contributed by atoms with van der Waals surface area (Å²) in [5.74, 6) is -0.162. The number of amides is 2. The van der Waals surface area contributed by atoms with Crippen LogP contribution in [0.2, 0.25) is 5.02 Å². The Hall–Kier alpha value is -5.16. The van der Waals surface area contributed by atoms with E-state index in [1.165, 1.54) is 6.26 Å². The maximum Gasteiger partial charge on any atom is 0.257 e. The Balaban J connectivity index is 1.26. The number of hydrogen-bond acceptors (Lipinski definition) is 8. The number of aryl methyl sites for hydroxylation is 2. The molecule has 2 amide bonds. The van der Waals surface area contributed by atoms with Gasteiger partial charge in [0.2, 0.25) is 5.91 Å². The van der Waals surface area contributed by atoms with Crippen LogP contribution in [0.3, 0.4) is 0 Å². The van der Waals surface area contributed by atoms with Gasteiger partial charge < -0.3 is 19.7 Å². The summed E-state index contributed by atoms with van der Waals surface area (Å²) in [6.45, 7) is 1.64. The summed E-state index contributed by atoms with van der Waals surface area (Å²) in [4.78, 5) is 43.7. The van der Waals surface area contributed by atoms with Crippen molar-refractivity contribution in [3.05, 3.63) is 101 Å². The van der Waals surface area contributed by atoms with Gasteiger partial charge in [-0.1, -0.05) is 22.8 Å². The number of benzene rings is 2. The first-order chi connectivity index (χ1) is 21.3. The maximum absolute atomic E-state index is 13.7. The molecular weight excluding hydrogens is 582 g/mol. The lowest BCUT2D eigenvalue weighted by molar-refractivity contribution is -0.118. The van der Waals surface area contributed by atoms with Crippen LogP contribution in [0.15, 0.2) is 77.9 Å². The van der Waals surface area contributed by atoms with Crippen molar-refractivity contribution in [1.82, 2.24) is 30.2 Å². The summed E-state index contributed by atoms with van der Waals surface area (Å²) >= 11 is 6.62. The number of aromatic nitrogens is 5. The minimum Gasteiger partial charge on any atom is -0.364 e. The van der Waals surface area contributed by atoms with Crippen LogP contribution in [0.5, 0.6) is 0 Å². The first-order valence-electron chi connectivity index (χ1n) is 14.0. The van der Waals surface area contributed by atoms with Crippen molar-refractivity contribution in [3.8, 4) is 22.5 Å². The first-order valence-corrected chi connectivity index (χ1v) is 14.4. The molecule has 0 unspecified atom stereocenters. The van der Waals surface area contributed by atoms with Crippen LogP contribution >= 0.6 is 11.6 Å². The largest absolute Gasteiger partial charge is 0.364 e. The maximum atomic E-state index is 13.7. The fraction of sp³-hybridized carbons (Fsp3) is 0.219.